The van der Waals surface area contributed by atoms with Crippen molar-refractivity contribution in [2.45, 2.75) is 32.2 Å². The number of aliphatic carboxylic acids is 1. The molecular formula is C14H19NO4. The Hall–Kier alpha value is -1.91. The molecule has 0 aromatic heterocycles. The van der Waals surface area contributed by atoms with Crippen LogP contribution in [0.1, 0.15) is 26.2 Å². The molecule has 0 saturated heterocycles. The molecule has 0 saturated carbocycles. The summed E-state index contributed by atoms with van der Waals surface area (Å²) in [4.78, 5) is 11.1. The van der Waals surface area contributed by atoms with E-state index in [1.54, 1.807) is 6.07 Å². The van der Waals surface area contributed by atoms with Gasteiger partial charge in [-0.2, -0.15) is 0 Å². The van der Waals surface area contributed by atoms with Crippen molar-refractivity contribution in [3.63, 3.8) is 0 Å². The topological polar surface area (TPSA) is 67.8 Å². The molecule has 2 rings (SSSR count). The summed E-state index contributed by atoms with van der Waals surface area (Å²) in [6.45, 7) is 3.23. The third-order valence-electron chi connectivity index (χ3n) is 2.96. The first kappa shape index (κ1) is 13.5. The van der Waals surface area contributed by atoms with Crippen molar-refractivity contribution in [3.8, 4) is 11.5 Å². The third kappa shape index (κ3) is 3.53. The zero-order valence-electron chi connectivity index (χ0n) is 11.0. The average molecular weight is 265 g/mol. The first-order valence-corrected chi connectivity index (χ1v) is 6.59. The molecule has 19 heavy (non-hydrogen) atoms. The molecule has 0 fully saturated rings. The maximum atomic E-state index is 11.1. The number of ether oxygens (including phenoxy) is 2. The molecule has 5 nitrogen and oxygen atoms in total. The molecule has 1 atom stereocenters. The first-order chi connectivity index (χ1) is 9.20. The predicted molar refractivity (Wildman–Crippen MR) is 72.0 cm³/mol. The number of hydrogen-bond donors (Lipinski definition) is 2. The molecule has 0 amide bonds. The largest absolute Gasteiger partial charge is 0.490 e. The van der Waals surface area contributed by atoms with Crippen LogP contribution in [0.4, 0.5) is 5.69 Å². The van der Waals surface area contributed by atoms with Crippen LogP contribution in [-0.2, 0) is 4.79 Å². The zero-order chi connectivity index (χ0) is 13.7. The van der Waals surface area contributed by atoms with Crippen LogP contribution < -0.4 is 14.8 Å². The Balaban J connectivity index is 2.12. The summed E-state index contributed by atoms with van der Waals surface area (Å²) in [5.74, 6) is 0.544. The van der Waals surface area contributed by atoms with Gasteiger partial charge in [-0.1, -0.05) is 13.3 Å². The van der Waals surface area contributed by atoms with E-state index in [0.29, 0.717) is 31.1 Å². The molecule has 1 aliphatic heterocycles. The molecule has 0 bridgehead atoms. The highest BCUT2D eigenvalue weighted by Gasteiger charge is 2.17. The van der Waals surface area contributed by atoms with Gasteiger partial charge in [0.2, 0.25) is 0 Å². The zero-order valence-corrected chi connectivity index (χ0v) is 11.0. The van der Waals surface area contributed by atoms with E-state index in [1.807, 2.05) is 19.1 Å². The number of rotatable bonds is 5. The van der Waals surface area contributed by atoms with Crippen molar-refractivity contribution in [2.75, 3.05) is 18.5 Å². The molecule has 0 aliphatic carbocycles. The maximum absolute atomic E-state index is 11.1. The van der Waals surface area contributed by atoms with Gasteiger partial charge >= 0.3 is 5.97 Å². The van der Waals surface area contributed by atoms with Gasteiger partial charge in [0, 0.05) is 18.2 Å². The third-order valence-corrected chi connectivity index (χ3v) is 2.96. The van der Waals surface area contributed by atoms with E-state index in [0.717, 1.165) is 18.5 Å². The lowest BCUT2D eigenvalue weighted by atomic mass is 10.1. The molecular weight excluding hydrogens is 246 g/mol. The summed E-state index contributed by atoms with van der Waals surface area (Å²) in [6, 6.07) is 4.86. The SMILES string of the molecule is CCCC(Nc1ccc2c(c1)OCCCO2)C(=O)O. The van der Waals surface area contributed by atoms with Crippen LogP contribution in [0.25, 0.3) is 0 Å². The number of hydrogen-bond acceptors (Lipinski definition) is 4. The van der Waals surface area contributed by atoms with E-state index in [-0.39, 0.29) is 0 Å². The molecule has 1 aliphatic rings. The van der Waals surface area contributed by atoms with Crippen molar-refractivity contribution in [1.82, 2.24) is 0 Å². The van der Waals surface area contributed by atoms with Gasteiger partial charge in [-0.15, -0.1) is 0 Å². The smallest absolute Gasteiger partial charge is 0.326 e. The maximum Gasteiger partial charge on any atom is 0.326 e. The summed E-state index contributed by atoms with van der Waals surface area (Å²) in [6.07, 6.45) is 2.25. The van der Waals surface area contributed by atoms with Gasteiger partial charge in [0.15, 0.2) is 11.5 Å². The molecule has 0 radical (unpaired) electrons. The lowest BCUT2D eigenvalue weighted by Crippen LogP contribution is -2.28. The fourth-order valence-corrected chi connectivity index (χ4v) is 2.00. The van der Waals surface area contributed by atoms with Crippen molar-refractivity contribution in [3.05, 3.63) is 18.2 Å². The quantitative estimate of drug-likeness (QED) is 0.856. The number of nitrogens with one attached hydrogen (secondary N) is 1. The number of anilines is 1. The van der Waals surface area contributed by atoms with Crippen molar-refractivity contribution in [2.24, 2.45) is 0 Å². The van der Waals surface area contributed by atoms with Crippen molar-refractivity contribution in [1.29, 1.82) is 0 Å². The summed E-state index contributed by atoms with van der Waals surface area (Å²) in [5, 5.41) is 12.1. The summed E-state index contributed by atoms with van der Waals surface area (Å²) in [5.41, 5.74) is 0.741. The lowest BCUT2D eigenvalue weighted by molar-refractivity contribution is -0.138. The average Bonchev–Trinajstić information content (AvgIpc) is 2.62. The van der Waals surface area contributed by atoms with Crippen LogP contribution in [0.2, 0.25) is 0 Å². The van der Waals surface area contributed by atoms with Crippen LogP contribution in [0.3, 0.4) is 0 Å². The normalized spacial score (nSPS) is 15.4. The van der Waals surface area contributed by atoms with E-state index >= 15 is 0 Å². The fourth-order valence-electron chi connectivity index (χ4n) is 2.00. The van der Waals surface area contributed by atoms with Gasteiger partial charge < -0.3 is 19.9 Å². The number of carboxylic acid groups (broad SMARTS) is 1. The first-order valence-electron chi connectivity index (χ1n) is 6.59. The van der Waals surface area contributed by atoms with Gasteiger partial charge in [-0.05, 0) is 18.6 Å². The Morgan fingerprint density at radius 1 is 1.37 bits per heavy atom. The summed E-state index contributed by atoms with van der Waals surface area (Å²) >= 11 is 0. The number of carbonyl (C=O) groups is 1. The Kier molecular flexibility index (Phi) is 4.49. The Morgan fingerprint density at radius 3 is 2.79 bits per heavy atom. The van der Waals surface area contributed by atoms with Crippen LogP contribution in [0.5, 0.6) is 11.5 Å². The molecule has 1 heterocycles. The Labute approximate surface area is 112 Å². The predicted octanol–water partition coefficient (Wildman–Crippen LogP) is 2.51. The van der Waals surface area contributed by atoms with Crippen LogP contribution in [0, 0.1) is 0 Å². The second-order valence-electron chi connectivity index (χ2n) is 4.54. The summed E-state index contributed by atoms with van der Waals surface area (Å²) < 4.78 is 11.1. The van der Waals surface area contributed by atoms with Gasteiger partial charge in [-0.25, -0.2) is 4.79 Å². The lowest BCUT2D eigenvalue weighted by Gasteiger charge is -2.16. The van der Waals surface area contributed by atoms with E-state index < -0.39 is 12.0 Å². The van der Waals surface area contributed by atoms with Gasteiger partial charge in [0.25, 0.3) is 0 Å². The van der Waals surface area contributed by atoms with Gasteiger partial charge in [0.05, 0.1) is 13.2 Å². The minimum Gasteiger partial charge on any atom is -0.490 e. The highest BCUT2D eigenvalue weighted by atomic mass is 16.5. The van der Waals surface area contributed by atoms with E-state index in [1.165, 1.54) is 0 Å². The minimum atomic E-state index is -0.839. The second-order valence-corrected chi connectivity index (χ2v) is 4.54. The molecule has 1 aromatic rings. The van der Waals surface area contributed by atoms with Crippen molar-refractivity contribution >= 4 is 11.7 Å². The van der Waals surface area contributed by atoms with Gasteiger partial charge in [-0.3, -0.25) is 0 Å². The standard InChI is InChI=1S/C14H19NO4/c1-2-4-11(14(16)17)15-10-5-6-12-13(9-10)19-8-3-7-18-12/h5-6,9,11,15H,2-4,7-8H2,1H3,(H,16,17). The highest BCUT2D eigenvalue weighted by Crippen LogP contribution is 2.32. The number of fused-ring (bicyclic) bond motifs is 1. The Bertz CT molecular complexity index is 447. The van der Waals surface area contributed by atoms with E-state index in [2.05, 4.69) is 5.32 Å². The number of benzene rings is 1. The Morgan fingerprint density at radius 2 is 2.11 bits per heavy atom. The van der Waals surface area contributed by atoms with Crippen LogP contribution in [-0.4, -0.2) is 30.3 Å². The van der Waals surface area contributed by atoms with Gasteiger partial charge in [0.1, 0.15) is 6.04 Å². The van der Waals surface area contributed by atoms with Crippen molar-refractivity contribution < 1.29 is 19.4 Å². The van der Waals surface area contributed by atoms with Crippen LogP contribution in [0.15, 0.2) is 18.2 Å². The van der Waals surface area contributed by atoms with E-state index in [9.17, 15) is 4.79 Å². The molecule has 2 N–H and O–H groups in total. The molecule has 104 valence electrons. The highest BCUT2D eigenvalue weighted by molar-refractivity contribution is 5.77. The number of carboxylic acids is 1. The minimum absolute atomic E-state index is 0.574. The summed E-state index contributed by atoms with van der Waals surface area (Å²) in [7, 11) is 0. The fraction of sp³-hybridized carbons (Fsp3) is 0.500. The molecule has 1 aromatic carbocycles. The molecule has 5 heteroatoms. The van der Waals surface area contributed by atoms with E-state index in [4.69, 9.17) is 14.6 Å². The molecule has 0 spiro atoms. The van der Waals surface area contributed by atoms with Crippen LogP contribution >= 0.6 is 0 Å². The monoisotopic (exact) mass is 265 g/mol. The second kappa shape index (κ2) is 6.31. The molecule has 1 unspecified atom stereocenters.